The average Bonchev–Trinajstić information content (AvgIpc) is 3.35. The lowest BCUT2D eigenvalue weighted by Crippen LogP contribution is -2.25. The molecule has 0 unspecified atom stereocenters. The summed E-state index contributed by atoms with van der Waals surface area (Å²) in [6.07, 6.45) is 4.31. The van der Waals surface area contributed by atoms with E-state index >= 15 is 0 Å². The van der Waals surface area contributed by atoms with Crippen LogP contribution in [0.25, 0.3) is 17.1 Å². The van der Waals surface area contributed by atoms with E-state index in [1.807, 2.05) is 47.0 Å². The van der Waals surface area contributed by atoms with Gasteiger partial charge in [0.15, 0.2) is 17.3 Å². The number of fused-ring (bicyclic) bond motifs is 1. The van der Waals surface area contributed by atoms with Gasteiger partial charge >= 0.3 is 0 Å². The van der Waals surface area contributed by atoms with Gasteiger partial charge in [0.25, 0.3) is 5.89 Å². The maximum Gasteiger partial charge on any atom is 0.261 e. The molecule has 0 atom stereocenters. The number of hydrogen-bond donors (Lipinski definition) is 1. The van der Waals surface area contributed by atoms with Gasteiger partial charge in [0.2, 0.25) is 5.91 Å². The molecule has 4 aromatic rings. The van der Waals surface area contributed by atoms with E-state index in [1.165, 1.54) is 0 Å². The lowest BCUT2D eigenvalue weighted by atomic mass is 10.1. The highest BCUT2D eigenvalue weighted by molar-refractivity contribution is 5.78. The zero-order chi connectivity index (χ0) is 20.5. The summed E-state index contributed by atoms with van der Waals surface area (Å²) in [6, 6.07) is 11.2. The molecule has 1 saturated carbocycles. The molecular weight excluding hydrogens is 384 g/mol. The fraction of sp³-hybridized carbons (Fsp3) is 0.286. The van der Waals surface area contributed by atoms with Crippen LogP contribution in [-0.2, 0) is 17.8 Å². The summed E-state index contributed by atoms with van der Waals surface area (Å²) < 4.78 is 12.5. The number of carbonyl (C=O) groups is 1. The number of rotatable bonds is 7. The normalized spacial score (nSPS) is 13.5. The number of ether oxygens (including phenoxy) is 1. The van der Waals surface area contributed by atoms with Crippen LogP contribution < -0.4 is 10.1 Å². The number of nitrogens with one attached hydrogen (secondary N) is 1. The van der Waals surface area contributed by atoms with Crippen molar-refractivity contribution in [3.63, 3.8) is 0 Å². The molecule has 0 saturated heterocycles. The minimum atomic E-state index is -0.109. The Hall–Kier alpha value is -3.75. The second-order valence-corrected chi connectivity index (χ2v) is 7.27. The molecule has 3 aromatic heterocycles. The summed E-state index contributed by atoms with van der Waals surface area (Å²) >= 11 is 0. The topological polar surface area (TPSA) is 107 Å². The average molecular weight is 404 g/mol. The van der Waals surface area contributed by atoms with Crippen molar-refractivity contribution in [2.24, 2.45) is 0 Å². The first kappa shape index (κ1) is 18.3. The van der Waals surface area contributed by atoms with Crippen molar-refractivity contribution in [1.82, 2.24) is 30.1 Å². The van der Waals surface area contributed by atoms with Crippen molar-refractivity contribution >= 4 is 11.6 Å². The van der Waals surface area contributed by atoms with E-state index in [2.05, 4.69) is 25.7 Å². The monoisotopic (exact) mass is 404 g/mol. The second kappa shape index (κ2) is 7.58. The highest BCUT2D eigenvalue weighted by Crippen LogP contribution is 2.39. The SMILES string of the molecule is COc1cccc(CC(=O)NCc2nnc3c(-c4nc(C5CC5)no4)cccn23)c1. The van der Waals surface area contributed by atoms with Crippen LogP contribution >= 0.6 is 0 Å². The maximum absolute atomic E-state index is 12.4. The van der Waals surface area contributed by atoms with Crippen molar-refractivity contribution in [1.29, 1.82) is 0 Å². The van der Waals surface area contributed by atoms with Crippen LogP contribution in [0.1, 0.15) is 36.0 Å². The molecule has 0 spiro atoms. The fourth-order valence-corrected chi connectivity index (χ4v) is 3.31. The van der Waals surface area contributed by atoms with E-state index < -0.39 is 0 Å². The molecule has 5 rings (SSSR count). The van der Waals surface area contributed by atoms with Crippen molar-refractivity contribution < 1.29 is 14.1 Å². The van der Waals surface area contributed by atoms with E-state index in [9.17, 15) is 4.79 Å². The number of benzene rings is 1. The lowest BCUT2D eigenvalue weighted by Gasteiger charge is -2.06. The molecule has 1 N–H and O–H groups in total. The third-order valence-electron chi connectivity index (χ3n) is 5.06. The molecule has 1 aliphatic carbocycles. The van der Waals surface area contributed by atoms with Gasteiger partial charge in [-0.25, -0.2) is 0 Å². The molecule has 1 fully saturated rings. The van der Waals surface area contributed by atoms with Crippen LogP contribution in [0, 0.1) is 0 Å². The van der Waals surface area contributed by atoms with E-state index in [0.717, 1.165) is 35.5 Å². The summed E-state index contributed by atoms with van der Waals surface area (Å²) in [6.45, 7) is 0.255. The number of carbonyl (C=O) groups excluding carboxylic acids is 1. The predicted molar refractivity (Wildman–Crippen MR) is 107 cm³/mol. The number of methoxy groups -OCH3 is 1. The molecule has 152 valence electrons. The zero-order valence-electron chi connectivity index (χ0n) is 16.4. The quantitative estimate of drug-likeness (QED) is 0.504. The largest absolute Gasteiger partial charge is 0.497 e. The fourth-order valence-electron chi connectivity index (χ4n) is 3.31. The summed E-state index contributed by atoms with van der Waals surface area (Å²) in [5, 5.41) is 15.5. The molecule has 9 heteroatoms. The Kier molecular flexibility index (Phi) is 4.62. The Balaban J connectivity index is 1.31. The Morgan fingerprint density at radius 2 is 2.17 bits per heavy atom. The van der Waals surface area contributed by atoms with E-state index in [1.54, 1.807) is 7.11 Å². The van der Waals surface area contributed by atoms with Crippen LogP contribution in [0.3, 0.4) is 0 Å². The van der Waals surface area contributed by atoms with Crippen molar-refractivity contribution in [2.45, 2.75) is 31.7 Å². The summed E-state index contributed by atoms with van der Waals surface area (Å²) in [5.41, 5.74) is 2.21. The standard InChI is InChI=1S/C21H20N6O3/c1-29-15-5-2-4-13(10-15)11-18(28)22-12-17-24-25-20-16(6-3-9-27(17)20)21-23-19(26-30-21)14-7-8-14/h2-6,9-10,14H,7-8,11-12H2,1H3,(H,22,28). The van der Waals surface area contributed by atoms with Crippen molar-refractivity contribution in [2.75, 3.05) is 7.11 Å². The van der Waals surface area contributed by atoms with E-state index in [-0.39, 0.29) is 18.9 Å². The number of pyridine rings is 1. The van der Waals surface area contributed by atoms with Gasteiger partial charge in [-0.2, -0.15) is 4.98 Å². The van der Waals surface area contributed by atoms with Gasteiger partial charge in [0, 0.05) is 12.1 Å². The van der Waals surface area contributed by atoms with Gasteiger partial charge in [-0.3, -0.25) is 9.20 Å². The summed E-state index contributed by atoms with van der Waals surface area (Å²) in [4.78, 5) is 16.9. The van der Waals surface area contributed by atoms with Gasteiger partial charge in [0.05, 0.1) is 25.6 Å². The highest BCUT2D eigenvalue weighted by atomic mass is 16.5. The van der Waals surface area contributed by atoms with Gasteiger partial charge in [-0.05, 0) is 42.7 Å². The number of aromatic nitrogens is 5. The molecular formula is C21H20N6O3. The van der Waals surface area contributed by atoms with Gasteiger partial charge < -0.3 is 14.6 Å². The van der Waals surface area contributed by atoms with Crippen molar-refractivity contribution in [3.05, 3.63) is 59.8 Å². The first-order valence-electron chi connectivity index (χ1n) is 9.77. The molecule has 1 aromatic carbocycles. The summed E-state index contributed by atoms with van der Waals surface area (Å²) in [5.74, 6) is 2.83. The Bertz CT molecular complexity index is 1210. The predicted octanol–water partition coefficient (Wildman–Crippen LogP) is 2.52. The third kappa shape index (κ3) is 3.61. The molecule has 0 bridgehead atoms. The number of amides is 1. The van der Waals surface area contributed by atoms with Crippen molar-refractivity contribution in [3.8, 4) is 17.2 Å². The highest BCUT2D eigenvalue weighted by Gasteiger charge is 2.29. The second-order valence-electron chi connectivity index (χ2n) is 7.27. The van der Waals surface area contributed by atoms with E-state index in [0.29, 0.717) is 23.3 Å². The molecule has 1 amide bonds. The number of nitrogens with zero attached hydrogens (tertiary/aromatic N) is 5. The summed E-state index contributed by atoms with van der Waals surface area (Å²) in [7, 11) is 1.60. The van der Waals surface area contributed by atoms with Gasteiger partial charge in [0.1, 0.15) is 5.75 Å². The molecule has 3 heterocycles. The molecule has 30 heavy (non-hydrogen) atoms. The van der Waals surface area contributed by atoms with Crippen LogP contribution in [0.4, 0.5) is 0 Å². The van der Waals surface area contributed by atoms with Gasteiger partial charge in [-0.1, -0.05) is 17.3 Å². The van der Waals surface area contributed by atoms with Gasteiger partial charge in [-0.15, -0.1) is 10.2 Å². The first-order valence-corrected chi connectivity index (χ1v) is 9.77. The van der Waals surface area contributed by atoms with Crippen LogP contribution in [0.5, 0.6) is 5.75 Å². The Morgan fingerprint density at radius 3 is 3.00 bits per heavy atom. The zero-order valence-corrected chi connectivity index (χ0v) is 16.4. The molecule has 9 nitrogen and oxygen atoms in total. The van der Waals surface area contributed by atoms with Crippen LogP contribution in [0.15, 0.2) is 47.1 Å². The Labute approximate surface area is 172 Å². The minimum absolute atomic E-state index is 0.109. The lowest BCUT2D eigenvalue weighted by molar-refractivity contribution is -0.120. The van der Waals surface area contributed by atoms with Crippen LogP contribution in [-0.4, -0.2) is 37.8 Å². The van der Waals surface area contributed by atoms with E-state index in [4.69, 9.17) is 9.26 Å². The maximum atomic E-state index is 12.4. The molecule has 0 aliphatic heterocycles. The smallest absolute Gasteiger partial charge is 0.261 e. The Morgan fingerprint density at radius 1 is 1.27 bits per heavy atom. The number of hydrogen-bond acceptors (Lipinski definition) is 7. The molecule has 1 aliphatic rings. The van der Waals surface area contributed by atoms with Crippen LogP contribution in [0.2, 0.25) is 0 Å². The molecule has 0 radical (unpaired) electrons. The minimum Gasteiger partial charge on any atom is -0.497 e. The first-order chi connectivity index (χ1) is 14.7. The third-order valence-corrected chi connectivity index (χ3v) is 5.06.